The molecule has 2 N–H and O–H groups in total. The van der Waals surface area contributed by atoms with E-state index >= 15 is 0 Å². The minimum absolute atomic E-state index is 0.168. The van der Waals surface area contributed by atoms with Gasteiger partial charge in [-0.3, -0.25) is 0 Å². The molecule has 0 amide bonds. The van der Waals surface area contributed by atoms with Gasteiger partial charge in [0.25, 0.3) is 0 Å². The van der Waals surface area contributed by atoms with Crippen LogP contribution < -0.4 is 4.72 Å². The Morgan fingerprint density at radius 2 is 1.90 bits per heavy atom. The van der Waals surface area contributed by atoms with Crippen LogP contribution in [0.1, 0.15) is 18.4 Å². The second-order valence-corrected chi connectivity index (χ2v) is 6.64. The fourth-order valence-corrected chi connectivity index (χ4v) is 2.94. The van der Waals surface area contributed by atoms with Crippen molar-refractivity contribution < 1.29 is 22.3 Å². The SMILES string of the molecule is CN(C)CCCCNS(=O)(=O)c1ccc(F)c(CO)c1F. The summed E-state index contributed by atoms with van der Waals surface area (Å²) in [4.78, 5) is 1.32. The Morgan fingerprint density at radius 1 is 1.24 bits per heavy atom. The Hall–Kier alpha value is -1.09. The summed E-state index contributed by atoms with van der Waals surface area (Å²) in [5.74, 6) is -2.22. The first-order chi connectivity index (χ1) is 9.79. The summed E-state index contributed by atoms with van der Waals surface area (Å²) < 4.78 is 53.3. The summed E-state index contributed by atoms with van der Waals surface area (Å²) in [5, 5.41) is 8.89. The molecule has 120 valence electrons. The van der Waals surface area contributed by atoms with Gasteiger partial charge in [0.15, 0.2) is 5.82 Å². The normalized spacial score (nSPS) is 12.1. The summed E-state index contributed by atoms with van der Waals surface area (Å²) in [6.07, 6.45) is 1.40. The molecule has 0 aliphatic carbocycles. The van der Waals surface area contributed by atoms with E-state index in [1.165, 1.54) is 0 Å². The molecule has 1 aromatic rings. The third-order valence-electron chi connectivity index (χ3n) is 2.92. The zero-order valence-corrected chi connectivity index (χ0v) is 12.9. The van der Waals surface area contributed by atoms with Crippen molar-refractivity contribution in [2.24, 2.45) is 0 Å². The Labute approximate surface area is 123 Å². The molecule has 0 aliphatic rings. The van der Waals surface area contributed by atoms with Gasteiger partial charge in [-0.15, -0.1) is 0 Å². The van der Waals surface area contributed by atoms with Crippen molar-refractivity contribution in [3.8, 4) is 0 Å². The van der Waals surface area contributed by atoms with Gasteiger partial charge in [-0.05, 0) is 45.6 Å². The molecule has 0 saturated carbocycles. The van der Waals surface area contributed by atoms with E-state index < -0.39 is 38.7 Å². The fourth-order valence-electron chi connectivity index (χ4n) is 1.77. The first-order valence-corrected chi connectivity index (χ1v) is 8.00. The maximum atomic E-state index is 13.9. The largest absolute Gasteiger partial charge is 0.391 e. The number of benzene rings is 1. The van der Waals surface area contributed by atoms with Crippen molar-refractivity contribution in [3.05, 3.63) is 29.3 Å². The molecule has 1 rings (SSSR count). The lowest BCUT2D eigenvalue weighted by atomic mass is 10.2. The number of hydrogen-bond acceptors (Lipinski definition) is 4. The maximum Gasteiger partial charge on any atom is 0.243 e. The molecular weight excluding hydrogens is 302 g/mol. The summed E-state index contributed by atoms with van der Waals surface area (Å²) >= 11 is 0. The van der Waals surface area contributed by atoms with Gasteiger partial charge in [0.1, 0.15) is 10.7 Å². The zero-order valence-electron chi connectivity index (χ0n) is 12.1. The predicted octanol–water partition coefficient (Wildman–Crippen LogP) is 1.08. The summed E-state index contributed by atoms with van der Waals surface area (Å²) in [6.45, 7) is 0.0899. The maximum absolute atomic E-state index is 13.9. The molecule has 0 fully saturated rings. The van der Waals surface area contributed by atoms with Gasteiger partial charge < -0.3 is 10.0 Å². The lowest BCUT2D eigenvalue weighted by Crippen LogP contribution is -2.27. The van der Waals surface area contributed by atoms with E-state index in [0.29, 0.717) is 6.42 Å². The molecule has 0 aliphatic heterocycles. The molecule has 0 radical (unpaired) electrons. The first kappa shape index (κ1) is 18.0. The molecule has 1 aromatic carbocycles. The van der Waals surface area contributed by atoms with Gasteiger partial charge in [0, 0.05) is 6.54 Å². The second kappa shape index (κ2) is 7.79. The van der Waals surface area contributed by atoms with Gasteiger partial charge in [-0.25, -0.2) is 21.9 Å². The number of nitrogens with zero attached hydrogens (tertiary/aromatic N) is 1. The third-order valence-corrected chi connectivity index (χ3v) is 4.40. The molecule has 0 spiro atoms. The van der Waals surface area contributed by atoms with Gasteiger partial charge in [-0.2, -0.15) is 0 Å². The van der Waals surface area contributed by atoms with Gasteiger partial charge in [0.2, 0.25) is 10.0 Å². The molecule has 0 bridgehead atoms. The Morgan fingerprint density at radius 3 is 2.48 bits per heavy atom. The molecule has 0 aromatic heterocycles. The van der Waals surface area contributed by atoms with Crippen LogP contribution in [-0.2, 0) is 16.6 Å². The quantitative estimate of drug-likeness (QED) is 0.703. The van der Waals surface area contributed by atoms with Crippen molar-refractivity contribution in [2.45, 2.75) is 24.3 Å². The highest BCUT2D eigenvalue weighted by molar-refractivity contribution is 7.89. The second-order valence-electron chi connectivity index (χ2n) is 4.90. The number of sulfonamides is 1. The van der Waals surface area contributed by atoms with Crippen molar-refractivity contribution in [1.82, 2.24) is 9.62 Å². The zero-order chi connectivity index (χ0) is 16.0. The van der Waals surface area contributed by atoms with E-state index in [0.717, 1.165) is 25.1 Å². The van der Waals surface area contributed by atoms with E-state index in [1.54, 1.807) is 0 Å². The Kier molecular flexibility index (Phi) is 6.66. The molecule has 0 atom stereocenters. The summed E-state index contributed by atoms with van der Waals surface area (Å²) in [7, 11) is -0.235. The van der Waals surface area contributed by atoms with Crippen molar-refractivity contribution in [2.75, 3.05) is 27.2 Å². The molecule has 0 heterocycles. The van der Waals surface area contributed by atoms with Crippen molar-refractivity contribution in [3.63, 3.8) is 0 Å². The van der Waals surface area contributed by atoms with E-state index in [2.05, 4.69) is 4.72 Å². The molecular formula is C13H20F2N2O3S. The number of rotatable bonds is 8. The predicted molar refractivity (Wildman–Crippen MR) is 75.3 cm³/mol. The smallest absolute Gasteiger partial charge is 0.243 e. The van der Waals surface area contributed by atoms with Gasteiger partial charge in [-0.1, -0.05) is 0 Å². The average Bonchev–Trinajstić information content (AvgIpc) is 2.38. The van der Waals surface area contributed by atoms with Crippen LogP contribution in [0.2, 0.25) is 0 Å². The van der Waals surface area contributed by atoms with Gasteiger partial charge in [0.05, 0.1) is 12.2 Å². The Balaban J connectivity index is 2.75. The van der Waals surface area contributed by atoms with Crippen LogP contribution in [0.25, 0.3) is 0 Å². The van der Waals surface area contributed by atoms with E-state index in [9.17, 15) is 17.2 Å². The number of halogens is 2. The van der Waals surface area contributed by atoms with Crippen LogP contribution >= 0.6 is 0 Å². The van der Waals surface area contributed by atoms with E-state index in [1.807, 2.05) is 19.0 Å². The van der Waals surface area contributed by atoms with Crippen LogP contribution in [0.4, 0.5) is 8.78 Å². The molecule has 0 saturated heterocycles. The average molecular weight is 322 g/mol. The minimum atomic E-state index is -4.06. The molecule has 5 nitrogen and oxygen atoms in total. The van der Waals surface area contributed by atoms with Crippen LogP contribution in [0.15, 0.2) is 17.0 Å². The highest BCUT2D eigenvalue weighted by atomic mass is 32.2. The van der Waals surface area contributed by atoms with E-state index in [-0.39, 0.29) is 6.54 Å². The van der Waals surface area contributed by atoms with Crippen LogP contribution in [0, 0.1) is 11.6 Å². The topological polar surface area (TPSA) is 69.6 Å². The number of aliphatic hydroxyl groups is 1. The number of nitrogens with one attached hydrogen (secondary N) is 1. The molecule has 21 heavy (non-hydrogen) atoms. The van der Waals surface area contributed by atoms with Crippen molar-refractivity contribution in [1.29, 1.82) is 0 Å². The van der Waals surface area contributed by atoms with E-state index in [4.69, 9.17) is 5.11 Å². The lowest BCUT2D eigenvalue weighted by molar-refractivity contribution is 0.267. The standard InChI is InChI=1S/C13H20F2N2O3S/c1-17(2)8-4-3-7-16-21(19,20)12-6-5-11(14)10(9-18)13(12)15/h5-6,16,18H,3-4,7-9H2,1-2H3. The summed E-state index contributed by atoms with van der Waals surface area (Å²) in [5.41, 5.74) is -0.648. The first-order valence-electron chi connectivity index (χ1n) is 6.51. The third kappa shape index (κ3) is 4.99. The Bertz CT molecular complexity index is 577. The van der Waals surface area contributed by atoms with Crippen molar-refractivity contribution >= 4 is 10.0 Å². The highest BCUT2D eigenvalue weighted by Gasteiger charge is 2.22. The number of unbranched alkanes of at least 4 members (excludes halogenated alkanes) is 1. The monoisotopic (exact) mass is 322 g/mol. The summed E-state index contributed by atoms with van der Waals surface area (Å²) in [6, 6.07) is 1.68. The molecule has 8 heteroatoms. The fraction of sp³-hybridized carbons (Fsp3) is 0.538. The van der Waals surface area contributed by atoms with Crippen LogP contribution in [-0.4, -0.2) is 45.6 Å². The van der Waals surface area contributed by atoms with Crippen LogP contribution in [0.3, 0.4) is 0 Å². The number of aliphatic hydroxyl groups excluding tert-OH is 1. The number of hydrogen-bond donors (Lipinski definition) is 2. The lowest BCUT2D eigenvalue weighted by Gasteiger charge is -2.11. The van der Waals surface area contributed by atoms with Crippen LogP contribution in [0.5, 0.6) is 0 Å². The molecule has 0 unspecified atom stereocenters. The minimum Gasteiger partial charge on any atom is -0.391 e. The van der Waals surface area contributed by atoms with Gasteiger partial charge >= 0.3 is 0 Å². The highest BCUT2D eigenvalue weighted by Crippen LogP contribution is 2.20.